The molecule has 32 heavy (non-hydrogen) atoms. The predicted molar refractivity (Wildman–Crippen MR) is 121 cm³/mol. The summed E-state index contributed by atoms with van der Waals surface area (Å²) in [5.41, 5.74) is 0.869. The van der Waals surface area contributed by atoms with Gasteiger partial charge in [0.15, 0.2) is 5.60 Å². The number of hydrogen-bond acceptors (Lipinski definition) is 3. The molecule has 0 bridgehead atoms. The lowest BCUT2D eigenvalue weighted by Gasteiger charge is -2.43. The third-order valence-electron chi connectivity index (χ3n) is 6.02. The van der Waals surface area contributed by atoms with Crippen LogP contribution in [-0.2, 0) is 20.7 Å². The Morgan fingerprint density at radius 3 is 2.47 bits per heavy atom. The highest BCUT2D eigenvalue weighted by Gasteiger charge is 2.47. The number of benzene rings is 2. The lowest BCUT2D eigenvalue weighted by Crippen LogP contribution is -2.63. The van der Waals surface area contributed by atoms with Crippen molar-refractivity contribution >= 4 is 11.8 Å². The van der Waals surface area contributed by atoms with Crippen molar-refractivity contribution in [1.82, 2.24) is 10.2 Å². The third-order valence-corrected chi connectivity index (χ3v) is 6.02. The lowest BCUT2D eigenvalue weighted by molar-refractivity contribution is -0.169. The SMILES string of the molecule is CC(C)(C)C(=O)N1CCOC(Cc2cccc(-c3cccc(F)c3)c2)(C(=O)NC2CC2)C1. The Hall–Kier alpha value is -2.73. The number of nitrogens with zero attached hydrogens (tertiary/aromatic N) is 1. The van der Waals surface area contributed by atoms with Gasteiger partial charge in [0.1, 0.15) is 5.82 Å². The van der Waals surface area contributed by atoms with Crippen molar-refractivity contribution in [2.75, 3.05) is 19.7 Å². The van der Waals surface area contributed by atoms with Crippen molar-refractivity contribution in [2.24, 2.45) is 5.41 Å². The predicted octanol–water partition coefficient (Wildman–Crippen LogP) is 3.96. The summed E-state index contributed by atoms with van der Waals surface area (Å²) in [4.78, 5) is 28.1. The van der Waals surface area contributed by atoms with Crippen molar-refractivity contribution in [3.05, 3.63) is 59.9 Å². The summed E-state index contributed by atoms with van der Waals surface area (Å²) in [6, 6.07) is 14.4. The highest BCUT2D eigenvalue weighted by molar-refractivity contribution is 5.88. The number of carbonyl (C=O) groups is 2. The smallest absolute Gasteiger partial charge is 0.254 e. The number of halogens is 1. The Morgan fingerprint density at radius 2 is 1.81 bits per heavy atom. The maximum Gasteiger partial charge on any atom is 0.254 e. The van der Waals surface area contributed by atoms with Crippen LogP contribution in [0.1, 0.15) is 39.2 Å². The van der Waals surface area contributed by atoms with Gasteiger partial charge in [-0.15, -0.1) is 0 Å². The Kier molecular flexibility index (Phi) is 6.08. The van der Waals surface area contributed by atoms with Gasteiger partial charge in [-0.05, 0) is 41.7 Å². The normalized spacial score (nSPS) is 21.3. The molecule has 6 heteroatoms. The van der Waals surface area contributed by atoms with E-state index in [0.717, 1.165) is 29.5 Å². The van der Waals surface area contributed by atoms with E-state index < -0.39 is 11.0 Å². The molecule has 1 unspecified atom stereocenters. The number of amides is 2. The van der Waals surface area contributed by atoms with E-state index in [1.165, 1.54) is 12.1 Å². The van der Waals surface area contributed by atoms with E-state index in [0.29, 0.717) is 19.6 Å². The quantitative estimate of drug-likeness (QED) is 0.769. The molecule has 1 aliphatic carbocycles. The molecule has 1 saturated heterocycles. The van der Waals surface area contributed by atoms with Gasteiger partial charge in [0.2, 0.25) is 5.91 Å². The standard InChI is InChI=1S/C26H31FN2O3/c1-25(2,3)24(31)29-12-13-32-26(17-29,23(30)28-22-10-11-22)16-18-6-4-7-19(14-18)20-8-5-9-21(27)15-20/h4-9,14-15,22H,10-13,16-17H2,1-3H3,(H,28,30). The third kappa shape index (κ3) is 5.01. The molecule has 1 aliphatic heterocycles. The molecule has 1 saturated carbocycles. The first-order valence-electron chi connectivity index (χ1n) is 11.3. The fourth-order valence-electron chi connectivity index (χ4n) is 4.16. The van der Waals surface area contributed by atoms with Crippen LogP contribution in [0.15, 0.2) is 48.5 Å². The largest absolute Gasteiger partial charge is 0.361 e. The van der Waals surface area contributed by atoms with Crippen LogP contribution in [0.4, 0.5) is 4.39 Å². The van der Waals surface area contributed by atoms with E-state index in [-0.39, 0.29) is 30.2 Å². The van der Waals surface area contributed by atoms with E-state index in [9.17, 15) is 14.0 Å². The number of hydrogen-bond donors (Lipinski definition) is 1. The van der Waals surface area contributed by atoms with Crippen LogP contribution in [0.25, 0.3) is 11.1 Å². The Balaban J connectivity index is 1.63. The van der Waals surface area contributed by atoms with Gasteiger partial charge in [0, 0.05) is 24.4 Å². The second kappa shape index (κ2) is 8.66. The monoisotopic (exact) mass is 438 g/mol. The number of carbonyl (C=O) groups excluding carboxylic acids is 2. The second-order valence-corrected chi connectivity index (χ2v) is 9.95. The van der Waals surface area contributed by atoms with E-state index in [1.54, 1.807) is 11.0 Å². The minimum Gasteiger partial charge on any atom is -0.361 e. The summed E-state index contributed by atoms with van der Waals surface area (Å²) in [6.45, 7) is 6.66. The van der Waals surface area contributed by atoms with Gasteiger partial charge >= 0.3 is 0 Å². The highest BCUT2D eigenvalue weighted by Crippen LogP contribution is 2.30. The summed E-state index contributed by atoms with van der Waals surface area (Å²) in [5, 5.41) is 3.09. The van der Waals surface area contributed by atoms with Gasteiger partial charge in [-0.25, -0.2) is 4.39 Å². The lowest BCUT2D eigenvalue weighted by atomic mass is 9.88. The summed E-state index contributed by atoms with van der Waals surface area (Å²) in [7, 11) is 0. The number of nitrogens with one attached hydrogen (secondary N) is 1. The molecule has 4 rings (SSSR count). The zero-order valence-electron chi connectivity index (χ0n) is 19.0. The Bertz CT molecular complexity index is 1010. The molecule has 170 valence electrons. The zero-order chi connectivity index (χ0) is 22.9. The molecule has 2 aliphatic rings. The molecule has 0 radical (unpaired) electrons. The maximum absolute atomic E-state index is 13.7. The van der Waals surface area contributed by atoms with Crippen molar-refractivity contribution in [1.29, 1.82) is 0 Å². The second-order valence-electron chi connectivity index (χ2n) is 9.95. The molecule has 2 aromatic carbocycles. The topological polar surface area (TPSA) is 58.6 Å². The van der Waals surface area contributed by atoms with Crippen molar-refractivity contribution < 1.29 is 18.7 Å². The van der Waals surface area contributed by atoms with Crippen LogP contribution in [0.2, 0.25) is 0 Å². The van der Waals surface area contributed by atoms with Crippen LogP contribution in [0.3, 0.4) is 0 Å². The van der Waals surface area contributed by atoms with Crippen LogP contribution >= 0.6 is 0 Å². The Labute approximate surface area is 188 Å². The first-order valence-corrected chi connectivity index (χ1v) is 11.3. The molecule has 0 spiro atoms. The molecule has 1 atom stereocenters. The fourth-order valence-corrected chi connectivity index (χ4v) is 4.16. The average Bonchev–Trinajstić information content (AvgIpc) is 3.57. The van der Waals surface area contributed by atoms with Gasteiger partial charge in [0.05, 0.1) is 13.2 Å². The molecule has 5 nitrogen and oxygen atoms in total. The number of morpholine rings is 1. The molecule has 2 fully saturated rings. The summed E-state index contributed by atoms with van der Waals surface area (Å²) >= 11 is 0. The van der Waals surface area contributed by atoms with Gasteiger partial charge in [-0.3, -0.25) is 9.59 Å². The van der Waals surface area contributed by atoms with Crippen LogP contribution in [0, 0.1) is 11.2 Å². The van der Waals surface area contributed by atoms with Crippen molar-refractivity contribution in [2.45, 2.75) is 51.7 Å². The van der Waals surface area contributed by atoms with Gasteiger partial charge in [0.25, 0.3) is 5.91 Å². The molecule has 2 amide bonds. The van der Waals surface area contributed by atoms with E-state index in [4.69, 9.17) is 4.74 Å². The fraction of sp³-hybridized carbons (Fsp3) is 0.462. The maximum atomic E-state index is 13.7. The van der Waals surface area contributed by atoms with Crippen LogP contribution in [-0.4, -0.2) is 48.1 Å². The molecular weight excluding hydrogens is 407 g/mol. The minimum absolute atomic E-state index is 0.0120. The van der Waals surface area contributed by atoms with E-state index in [1.807, 2.05) is 51.1 Å². The van der Waals surface area contributed by atoms with Crippen molar-refractivity contribution in [3.63, 3.8) is 0 Å². The van der Waals surface area contributed by atoms with Gasteiger partial charge < -0.3 is 15.0 Å². The number of ether oxygens (including phenoxy) is 1. The van der Waals surface area contributed by atoms with Gasteiger partial charge in [-0.1, -0.05) is 57.2 Å². The van der Waals surface area contributed by atoms with E-state index in [2.05, 4.69) is 5.32 Å². The highest BCUT2D eigenvalue weighted by atomic mass is 19.1. The van der Waals surface area contributed by atoms with Crippen LogP contribution in [0.5, 0.6) is 0 Å². The molecule has 1 N–H and O–H groups in total. The summed E-state index contributed by atoms with van der Waals surface area (Å²) in [6.07, 6.45) is 2.28. The zero-order valence-corrected chi connectivity index (χ0v) is 19.0. The molecular formula is C26H31FN2O3. The van der Waals surface area contributed by atoms with Gasteiger partial charge in [-0.2, -0.15) is 0 Å². The van der Waals surface area contributed by atoms with Crippen LogP contribution < -0.4 is 5.32 Å². The average molecular weight is 439 g/mol. The van der Waals surface area contributed by atoms with E-state index >= 15 is 0 Å². The molecule has 2 aromatic rings. The summed E-state index contributed by atoms with van der Waals surface area (Å²) in [5.74, 6) is -0.444. The first-order chi connectivity index (χ1) is 15.2. The minimum atomic E-state index is -1.15. The molecule has 1 heterocycles. The number of rotatable bonds is 5. The summed E-state index contributed by atoms with van der Waals surface area (Å²) < 4.78 is 19.9. The van der Waals surface area contributed by atoms with Crippen molar-refractivity contribution in [3.8, 4) is 11.1 Å². The Morgan fingerprint density at radius 1 is 1.12 bits per heavy atom. The molecule has 0 aromatic heterocycles. The first kappa shape index (κ1) is 22.5.